The zero-order valence-electron chi connectivity index (χ0n) is 32.6. The van der Waals surface area contributed by atoms with Gasteiger partial charge in [-0.2, -0.15) is 0 Å². The molecule has 0 amide bonds. The van der Waals surface area contributed by atoms with Crippen LogP contribution in [-0.2, 0) is 0 Å². The third-order valence-corrected chi connectivity index (χ3v) is 12.9. The van der Waals surface area contributed by atoms with E-state index >= 15 is 0 Å². The lowest BCUT2D eigenvalue weighted by atomic mass is 9.77. The molecule has 0 radical (unpaired) electrons. The van der Waals surface area contributed by atoms with Crippen molar-refractivity contribution in [3.63, 3.8) is 0 Å². The molecular weight excluding hydrogens is 729 g/mol. The molecule has 0 spiro atoms. The first kappa shape index (κ1) is 33.2. The Morgan fingerprint density at radius 2 is 1.12 bits per heavy atom. The largest absolute Gasteiger partial charge is 0.333 e. The summed E-state index contributed by atoms with van der Waals surface area (Å²) < 4.78 is 2.25. The van der Waals surface area contributed by atoms with E-state index in [1.54, 1.807) is 0 Å². The molecule has 1 aliphatic carbocycles. The summed E-state index contributed by atoms with van der Waals surface area (Å²) in [6.07, 6.45) is 2.53. The van der Waals surface area contributed by atoms with Crippen molar-refractivity contribution in [3.05, 3.63) is 229 Å². The van der Waals surface area contributed by atoms with Gasteiger partial charge < -0.3 is 4.90 Å². The van der Waals surface area contributed by atoms with E-state index in [0.29, 0.717) is 5.95 Å². The summed E-state index contributed by atoms with van der Waals surface area (Å²) in [7, 11) is 0. The topological polar surface area (TPSA) is 34.0 Å². The van der Waals surface area contributed by atoms with Gasteiger partial charge in [-0.15, -0.1) is 0 Å². The number of benzene rings is 9. The quantitative estimate of drug-likeness (QED) is 0.167. The van der Waals surface area contributed by atoms with Crippen molar-refractivity contribution in [3.8, 4) is 17.2 Å². The first-order chi connectivity index (χ1) is 29.8. The summed E-state index contributed by atoms with van der Waals surface area (Å²) in [5.74, 6) is 0.858. The fraction of sp³-hybridized carbons (Fsp3) is 0.0357. The van der Waals surface area contributed by atoms with Gasteiger partial charge in [0.1, 0.15) is 0 Å². The maximum Gasteiger partial charge on any atom is 0.235 e. The van der Waals surface area contributed by atoms with Gasteiger partial charge in [-0.25, -0.2) is 9.97 Å². The SMILES string of the molecule is C1=C(c2ccc3c(c2)c2ccccc2n3-c2nc(-c3ccc4c(ccc5ccccc54)c3)c3ccccc3n2)c2ccccc2C2C1c1ccccc1N2c1ccccc1. The van der Waals surface area contributed by atoms with Gasteiger partial charge in [0, 0.05) is 39.0 Å². The Bertz CT molecular complexity index is 3580. The molecule has 2 atom stereocenters. The average Bonchev–Trinajstić information content (AvgIpc) is 3.84. The van der Waals surface area contributed by atoms with Crippen LogP contribution in [0.15, 0.2) is 206 Å². The molecule has 0 saturated heterocycles. The lowest BCUT2D eigenvalue weighted by Gasteiger charge is -2.35. The highest BCUT2D eigenvalue weighted by Crippen LogP contribution is 2.57. The van der Waals surface area contributed by atoms with Crippen LogP contribution in [0.2, 0.25) is 0 Å². The van der Waals surface area contributed by atoms with Crippen molar-refractivity contribution < 1.29 is 0 Å². The van der Waals surface area contributed by atoms with E-state index in [1.807, 2.05) is 0 Å². The third-order valence-electron chi connectivity index (χ3n) is 12.9. The van der Waals surface area contributed by atoms with Crippen molar-refractivity contribution >= 4 is 71.2 Å². The fourth-order valence-electron chi connectivity index (χ4n) is 10.3. The van der Waals surface area contributed by atoms with E-state index in [9.17, 15) is 0 Å². The maximum absolute atomic E-state index is 5.45. The lowest BCUT2D eigenvalue weighted by molar-refractivity contribution is 0.665. The molecule has 1 aliphatic heterocycles. The number of para-hydroxylation sites is 4. The minimum atomic E-state index is 0.164. The zero-order chi connectivity index (χ0) is 39.3. The lowest BCUT2D eigenvalue weighted by Crippen LogP contribution is -2.25. The molecule has 60 heavy (non-hydrogen) atoms. The van der Waals surface area contributed by atoms with Gasteiger partial charge in [0.2, 0.25) is 5.95 Å². The standard InChI is InChI=1S/C56H36N4/c1-2-15-39(16-3-1)59-51-24-12-10-20-44(51)49-34-47(42-18-6-7-21-45(42)55(49)59)37-29-31-53-48(33-37)43-19-9-13-25-52(43)60(53)56-57-50-23-11-8-22-46(50)54(58-56)38-28-30-41-36(32-38)27-26-35-14-4-5-17-40(35)41/h1-34,49,55H. The van der Waals surface area contributed by atoms with E-state index in [2.05, 4.69) is 216 Å². The van der Waals surface area contributed by atoms with Crippen LogP contribution in [-0.4, -0.2) is 14.5 Å². The number of nitrogens with zero attached hydrogens (tertiary/aromatic N) is 4. The van der Waals surface area contributed by atoms with E-state index in [4.69, 9.17) is 9.97 Å². The first-order valence-corrected chi connectivity index (χ1v) is 20.7. The highest BCUT2D eigenvalue weighted by Gasteiger charge is 2.42. The zero-order valence-corrected chi connectivity index (χ0v) is 32.6. The summed E-state index contributed by atoms with van der Waals surface area (Å²) in [5, 5.41) is 8.32. The Hall–Kier alpha value is -7.82. The molecule has 13 rings (SSSR count). The van der Waals surface area contributed by atoms with Crippen LogP contribution < -0.4 is 4.90 Å². The first-order valence-electron chi connectivity index (χ1n) is 20.7. The molecule has 0 fully saturated rings. The highest BCUT2D eigenvalue weighted by atomic mass is 15.2. The van der Waals surface area contributed by atoms with Crippen LogP contribution >= 0.6 is 0 Å². The smallest absolute Gasteiger partial charge is 0.235 e. The van der Waals surface area contributed by atoms with Crippen LogP contribution in [0.3, 0.4) is 0 Å². The second-order valence-electron chi connectivity index (χ2n) is 16.1. The summed E-state index contributed by atoms with van der Waals surface area (Å²) in [6, 6.07) is 72.8. The third kappa shape index (κ3) is 4.85. The van der Waals surface area contributed by atoms with Gasteiger partial charge in [-0.05, 0) is 97.9 Å². The Balaban J connectivity index is 0.988. The second kappa shape index (κ2) is 12.8. The highest BCUT2D eigenvalue weighted by molar-refractivity contribution is 6.11. The molecule has 9 aromatic carbocycles. The molecule has 280 valence electrons. The summed E-state index contributed by atoms with van der Waals surface area (Å²) in [4.78, 5) is 13.3. The number of hydrogen-bond donors (Lipinski definition) is 0. The average molecular weight is 765 g/mol. The molecule has 4 nitrogen and oxygen atoms in total. The van der Waals surface area contributed by atoms with E-state index in [-0.39, 0.29) is 12.0 Å². The van der Waals surface area contributed by atoms with Crippen LogP contribution in [0.25, 0.3) is 77.0 Å². The van der Waals surface area contributed by atoms with Crippen molar-refractivity contribution in [2.45, 2.75) is 12.0 Å². The van der Waals surface area contributed by atoms with E-state index in [1.165, 1.54) is 71.5 Å². The maximum atomic E-state index is 5.45. The minimum Gasteiger partial charge on any atom is -0.333 e. The minimum absolute atomic E-state index is 0.164. The predicted molar refractivity (Wildman–Crippen MR) is 248 cm³/mol. The second-order valence-corrected chi connectivity index (χ2v) is 16.1. The molecule has 2 aromatic heterocycles. The molecule has 2 unspecified atom stereocenters. The number of anilines is 2. The van der Waals surface area contributed by atoms with Crippen LogP contribution in [0, 0.1) is 0 Å². The Morgan fingerprint density at radius 1 is 0.433 bits per heavy atom. The van der Waals surface area contributed by atoms with Crippen LogP contribution in [0.4, 0.5) is 11.4 Å². The molecular formula is C56H36N4. The summed E-state index contributed by atoms with van der Waals surface area (Å²) in [6.45, 7) is 0. The molecule has 2 aliphatic rings. The van der Waals surface area contributed by atoms with Crippen LogP contribution in [0.1, 0.15) is 34.2 Å². The molecule has 4 heteroatoms. The van der Waals surface area contributed by atoms with E-state index < -0.39 is 0 Å². The Kier molecular flexibility index (Phi) is 7.10. The number of rotatable bonds is 4. The molecule has 0 bridgehead atoms. The van der Waals surface area contributed by atoms with Gasteiger partial charge in [-0.1, -0.05) is 158 Å². The van der Waals surface area contributed by atoms with Crippen molar-refractivity contribution in [2.24, 2.45) is 0 Å². The van der Waals surface area contributed by atoms with Gasteiger partial charge in [0.15, 0.2) is 0 Å². The van der Waals surface area contributed by atoms with E-state index in [0.717, 1.165) is 33.2 Å². The summed E-state index contributed by atoms with van der Waals surface area (Å²) >= 11 is 0. The number of aromatic nitrogens is 3. The summed E-state index contributed by atoms with van der Waals surface area (Å²) in [5.41, 5.74) is 14.0. The molecule has 3 heterocycles. The Morgan fingerprint density at radius 3 is 2.03 bits per heavy atom. The van der Waals surface area contributed by atoms with Crippen molar-refractivity contribution in [2.75, 3.05) is 4.90 Å². The van der Waals surface area contributed by atoms with Gasteiger partial charge >= 0.3 is 0 Å². The van der Waals surface area contributed by atoms with Gasteiger partial charge in [0.25, 0.3) is 0 Å². The number of hydrogen-bond acceptors (Lipinski definition) is 3. The monoisotopic (exact) mass is 764 g/mol. The molecule has 0 saturated carbocycles. The molecule has 11 aromatic rings. The predicted octanol–water partition coefficient (Wildman–Crippen LogP) is 14.1. The normalized spacial score (nSPS) is 15.7. The van der Waals surface area contributed by atoms with Gasteiger partial charge in [0.05, 0.1) is 28.3 Å². The van der Waals surface area contributed by atoms with Crippen molar-refractivity contribution in [1.29, 1.82) is 0 Å². The molecule has 0 N–H and O–H groups in total. The van der Waals surface area contributed by atoms with Crippen LogP contribution in [0.5, 0.6) is 0 Å². The van der Waals surface area contributed by atoms with Gasteiger partial charge in [-0.3, -0.25) is 4.57 Å². The fourth-order valence-corrected chi connectivity index (χ4v) is 10.3. The Labute approximate surface area is 347 Å². The number of fused-ring (bicyclic) bond motifs is 12. The van der Waals surface area contributed by atoms with Crippen molar-refractivity contribution in [1.82, 2.24) is 14.5 Å².